The molecular weight excluding hydrogens is 284 g/mol. The van der Waals surface area contributed by atoms with Crippen molar-refractivity contribution in [2.45, 2.75) is 6.42 Å². The predicted molar refractivity (Wildman–Crippen MR) is 61.9 cm³/mol. The van der Waals surface area contributed by atoms with Crippen LogP contribution < -0.4 is 0 Å². The molecule has 0 fully saturated rings. The molecule has 0 aliphatic heterocycles. The zero-order chi connectivity index (χ0) is 9.97. The molecule has 0 aliphatic rings. The van der Waals surface area contributed by atoms with Crippen LogP contribution in [-0.4, -0.2) is 9.36 Å². The highest BCUT2D eigenvalue weighted by molar-refractivity contribution is 9.10. The summed E-state index contributed by atoms with van der Waals surface area (Å²) in [6.45, 7) is 0. The molecule has 0 saturated carbocycles. The Bertz CT molecular complexity index is 444. The zero-order valence-corrected chi connectivity index (χ0v) is 10.2. The van der Waals surface area contributed by atoms with Crippen molar-refractivity contribution in [2.24, 2.45) is 0 Å². The second kappa shape index (κ2) is 4.38. The van der Waals surface area contributed by atoms with Crippen LogP contribution in [0.5, 0.6) is 0 Å². The number of nitrogens with zero attached hydrogens (tertiary/aromatic N) is 2. The lowest BCUT2D eigenvalue weighted by molar-refractivity contribution is 1.11. The minimum Gasteiger partial charge on any atom is -0.214 e. The summed E-state index contributed by atoms with van der Waals surface area (Å²) in [6, 6.07) is 7.77. The van der Waals surface area contributed by atoms with Gasteiger partial charge in [-0.15, -0.1) is 0 Å². The Labute approximate surface area is 99.2 Å². The number of aromatic nitrogens is 2. The van der Waals surface area contributed by atoms with Crippen LogP contribution in [0.4, 0.5) is 0 Å². The molecule has 2 aromatic rings. The van der Waals surface area contributed by atoms with Crippen molar-refractivity contribution in [1.82, 2.24) is 9.36 Å². The van der Waals surface area contributed by atoms with Crippen LogP contribution in [0.3, 0.4) is 0 Å². The molecule has 72 valence electrons. The van der Waals surface area contributed by atoms with Gasteiger partial charge in [0.25, 0.3) is 0 Å². The molecule has 0 N–H and O–H groups in total. The molecule has 5 heteroatoms. The molecule has 1 aromatic heterocycles. The molecule has 1 aromatic carbocycles. The van der Waals surface area contributed by atoms with Crippen LogP contribution in [0, 0.1) is 0 Å². The van der Waals surface area contributed by atoms with Crippen LogP contribution in [0.2, 0.25) is 5.02 Å². The molecule has 0 saturated heterocycles. The summed E-state index contributed by atoms with van der Waals surface area (Å²) >= 11 is 10.6. The second-order valence-electron chi connectivity index (χ2n) is 2.73. The summed E-state index contributed by atoms with van der Waals surface area (Å²) in [5.41, 5.74) is 1.08. The first-order valence-electron chi connectivity index (χ1n) is 3.97. The van der Waals surface area contributed by atoms with Crippen molar-refractivity contribution < 1.29 is 0 Å². The molecule has 0 unspecified atom stereocenters. The van der Waals surface area contributed by atoms with E-state index in [4.69, 9.17) is 11.6 Å². The first kappa shape index (κ1) is 10.1. The number of hydrogen-bond donors (Lipinski definition) is 0. The van der Waals surface area contributed by atoms with Crippen molar-refractivity contribution in [3.63, 3.8) is 0 Å². The summed E-state index contributed by atoms with van der Waals surface area (Å²) in [5.74, 6) is 0. The van der Waals surface area contributed by atoms with E-state index in [9.17, 15) is 0 Å². The molecule has 14 heavy (non-hydrogen) atoms. The average molecular weight is 290 g/mol. The zero-order valence-electron chi connectivity index (χ0n) is 7.08. The Morgan fingerprint density at radius 1 is 1.36 bits per heavy atom. The minimum atomic E-state index is 0.643. The van der Waals surface area contributed by atoms with Gasteiger partial charge in [-0.1, -0.05) is 29.8 Å². The third-order valence-corrected chi connectivity index (χ3v) is 3.41. The summed E-state index contributed by atoms with van der Waals surface area (Å²) in [6.07, 6.45) is 0.739. The maximum absolute atomic E-state index is 6.03. The van der Waals surface area contributed by atoms with Gasteiger partial charge < -0.3 is 0 Å². The fraction of sp³-hybridized carbons (Fsp3) is 0.111. The summed E-state index contributed by atoms with van der Waals surface area (Å²) in [5, 5.41) is 1.74. The Kier molecular flexibility index (Phi) is 3.15. The Morgan fingerprint density at radius 2 is 2.14 bits per heavy atom. The summed E-state index contributed by atoms with van der Waals surface area (Å²) < 4.78 is 4.69. The molecule has 2 nitrogen and oxygen atoms in total. The van der Waals surface area contributed by atoms with Crippen molar-refractivity contribution in [3.05, 3.63) is 44.6 Å². The number of benzene rings is 1. The van der Waals surface area contributed by atoms with Crippen molar-refractivity contribution in [1.29, 1.82) is 0 Å². The second-order valence-corrected chi connectivity index (χ2v) is 4.68. The monoisotopic (exact) mass is 288 g/mol. The quantitative estimate of drug-likeness (QED) is 0.845. The van der Waals surface area contributed by atoms with Gasteiger partial charge >= 0.3 is 0 Å². The van der Waals surface area contributed by atoms with E-state index in [-0.39, 0.29) is 0 Å². The Hall–Kier alpha value is -0.450. The van der Waals surface area contributed by atoms with Gasteiger partial charge in [-0.05, 0) is 39.1 Å². The lowest BCUT2D eigenvalue weighted by atomic mass is 10.2. The smallest absolute Gasteiger partial charge is 0.209 e. The number of halogens is 2. The molecule has 0 radical (unpaired) electrons. The van der Waals surface area contributed by atoms with E-state index in [1.165, 1.54) is 11.5 Å². The van der Waals surface area contributed by atoms with E-state index in [0.717, 1.165) is 22.0 Å². The minimum absolute atomic E-state index is 0.643. The lowest BCUT2D eigenvalue weighted by Gasteiger charge is -1.99. The Balaban J connectivity index is 2.23. The van der Waals surface area contributed by atoms with E-state index < -0.39 is 0 Å². The predicted octanol–water partition coefficient (Wildman–Crippen LogP) is 3.54. The average Bonchev–Trinajstić information content (AvgIpc) is 2.56. The third kappa shape index (κ3) is 2.32. The summed E-state index contributed by atoms with van der Waals surface area (Å²) in [4.78, 5) is 4.21. The maximum atomic E-state index is 6.03. The molecule has 0 atom stereocenters. The fourth-order valence-electron chi connectivity index (χ4n) is 1.11. The highest BCUT2D eigenvalue weighted by Gasteiger charge is 2.05. The van der Waals surface area contributed by atoms with E-state index in [1.54, 1.807) is 0 Å². The van der Waals surface area contributed by atoms with Crippen LogP contribution in [-0.2, 0) is 6.42 Å². The van der Waals surface area contributed by atoms with Crippen LogP contribution in [0.25, 0.3) is 0 Å². The summed E-state index contributed by atoms with van der Waals surface area (Å²) in [7, 11) is 0. The molecule has 0 amide bonds. The van der Waals surface area contributed by atoms with Crippen molar-refractivity contribution in [3.8, 4) is 0 Å². The normalized spacial score (nSPS) is 10.4. The maximum Gasteiger partial charge on any atom is 0.209 e. The topological polar surface area (TPSA) is 25.8 Å². The van der Waals surface area contributed by atoms with Gasteiger partial charge in [0.1, 0.15) is 5.01 Å². The first-order chi connectivity index (χ1) is 6.75. The van der Waals surface area contributed by atoms with Gasteiger partial charge in [0.2, 0.25) is 4.73 Å². The first-order valence-corrected chi connectivity index (χ1v) is 5.91. The molecule has 0 spiro atoms. The third-order valence-electron chi connectivity index (χ3n) is 1.74. The van der Waals surface area contributed by atoms with Crippen LogP contribution in [0.15, 0.2) is 29.0 Å². The Morgan fingerprint density at radius 3 is 2.79 bits per heavy atom. The van der Waals surface area contributed by atoms with E-state index in [0.29, 0.717) is 4.73 Å². The van der Waals surface area contributed by atoms with Gasteiger partial charge in [-0.3, -0.25) is 0 Å². The number of rotatable bonds is 2. The SMILES string of the molecule is Clc1ccccc1Cc1nc(Br)ns1. The van der Waals surface area contributed by atoms with Gasteiger partial charge in [0.15, 0.2) is 0 Å². The van der Waals surface area contributed by atoms with Gasteiger partial charge in [0.05, 0.1) is 0 Å². The van der Waals surface area contributed by atoms with Crippen LogP contribution in [0.1, 0.15) is 10.6 Å². The number of hydrogen-bond acceptors (Lipinski definition) is 3. The standard InChI is InChI=1S/C9H6BrClN2S/c10-9-12-8(14-13-9)5-6-3-1-2-4-7(6)11/h1-4H,5H2. The van der Waals surface area contributed by atoms with Gasteiger partial charge in [-0.25, -0.2) is 4.98 Å². The lowest BCUT2D eigenvalue weighted by Crippen LogP contribution is -1.87. The van der Waals surface area contributed by atoms with Crippen molar-refractivity contribution in [2.75, 3.05) is 0 Å². The van der Waals surface area contributed by atoms with Gasteiger partial charge in [-0.2, -0.15) is 4.37 Å². The molecular formula is C9H6BrClN2S. The largest absolute Gasteiger partial charge is 0.214 e. The highest BCUT2D eigenvalue weighted by Crippen LogP contribution is 2.20. The molecule has 1 heterocycles. The van der Waals surface area contributed by atoms with Gasteiger partial charge in [0, 0.05) is 11.4 Å². The van der Waals surface area contributed by atoms with Crippen molar-refractivity contribution >= 4 is 39.1 Å². The van der Waals surface area contributed by atoms with E-state index in [2.05, 4.69) is 25.3 Å². The highest BCUT2D eigenvalue weighted by atomic mass is 79.9. The van der Waals surface area contributed by atoms with E-state index >= 15 is 0 Å². The molecule has 0 bridgehead atoms. The molecule has 2 rings (SSSR count). The molecule has 0 aliphatic carbocycles. The van der Waals surface area contributed by atoms with E-state index in [1.807, 2.05) is 24.3 Å². The van der Waals surface area contributed by atoms with Crippen LogP contribution >= 0.6 is 39.1 Å². The fourth-order valence-corrected chi connectivity index (χ4v) is 2.43.